The molecular weight excluding hydrogens is 384 g/mol. The zero-order valence-corrected chi connectivity index (χ0v) is 19.5. The van der Waals surface area contributed by atoms with Crippen molar-refractivity contribution < 1.29 is 9.57 Å². The number of hydrogen-bond acceptors (Lipinski definition) is 4. The fourth-order valence-corrected chi connectivity index (χ4v) is 8.51. The van der Waals surface area contributed by atoms with Crippen LogP contribution in [0.2, 0.25) is 0 Å². The Labute approximate surface area is 187 Å². The van der Waals surface area contributed by atoms with Gasteiger partial charge in [0, 0.05) is 17.9 Å². The Hall–Kier alpha value is -1.55. The lowest BCUT2D eigenvalue weighted by molar-refractivity contribution is -0.162. The molecule has 1 aliphatic heterocycles. The summed E-state index contributed by atoms with van der Waals surface area (Å²) >= 11 is 0. The minimum absolute atomic E-state index is 0.0744. The molecule has 31 heavy (non-hydrogen) atoms. The van der Waals surface area contributed by atoms with Gasteiger partial charge in [-0.3, -0.25) is 0 Å². The quantitative estimate of drug-likeness (QED) is 0.603. The van der Waals surface area contributed by atoms with Crippen LogP contribution in [0.4, 0.5) is 0 Å². The standard InChI is InChI=1S/C27H38N2O2/c1-18-10-22(4-5-24(18)30-3)27-7-6-23(14-25(27)29(2)9-8-27)28-31-26-15-19-11-20(16-26)13-21(12-19)17-26/h4-5,10,19-21,25H,6-9,11-17H2,1-3H3/t19?,20?,21?,25-,26?,27-/m0/s1. The molecule has 5 aliphatic carbocycles. The highest BCUT2D eigenvalue weighted by atomic mass is 16.6. The fraction of sp³-hybridized carbons (Fsp3) is 0.741. The Bertz CT molecular complexity index is 858. The minimum atomic E-state index is 0.0744. The van der Waals surface area contributed by atoms with Crippen LogP contribution >= 0.6 is 0 Å². The number of fused-ring (bicyclic) bond motifs is 1. The van der Waals surface area contributed by atoms with Crippen LogP contribution in [-0.4, -0.2) is 43.0 Å². The van der Waals surface area contributed by atoms with E-state index in [-0.39, 0.29) is 11.0 Å². The van der Waals surface area contributed by atoms with E-state index in [0.29, 0.717) is 6.04 Å². The van der Waals surface area contributed by atoms with Gasteiger partial charge in [-0.15, -0.1) is 0 Å². The highest BCUT2D eigenvalue weighted by molar-refractivity contribution is 5.86. The Morgan fingerprint density at radius 1 is 1.03 bits per heavy atom. The second-order valence-corrected chi connectivity index (χ2v) is 11.6. The third-order valence-electron chi connectivity index (χ3n) is 9.69. The van der Waals surface area contributed by atoms with Crippen molar-refractivity contribution in [3.8, 4) is 5.75 Å². The molecule has 5 saturated carbocycles. The third-order valence-corrected chi connectivity index (χ3v) is 9.69. The molecule has 0 unspecified atom stereocenters. The minimum Gasteiger partial charge on any atom is -0.496 e. The van der Waals surface area contributed by atoms with E-state index in [1.54, 1.807) is 7.11 Å². The van der Waals surface area contributed by atoms with E-state index < -0.39 is 0 Å². The number of aryl methyl sites for hydroxylation is 1. The average molecular weight is 423 g/mol. The Balaban J connectivity index is 1.22. The summed E-state index contributed by atoms with van der Waals surface area (Å²) in [5.41, 5.74) is 4.35. The number of benzene rings is 1. The molecule has 1 heterocycles. The summed E-state index contributed by atoms with van der Waals surface area (Å²) < 4.78 is 5.52. The second-order valence-electron chi connectivity index (χ2n) is 11.6. The van der Waals surface area contributed by atoms with E-state index in [1.807, 2.05) is 0 Å². The fourth-order valence-electron chi connectivity index (χ4n) is 8.51. The van der Waals surface area contributed by atoms with Gasteiger partial charge in [-0.2, -0.15) is 0 Å². The predicted molar refractivity (Wildman–Crippen MR) is 124 cm³/mol. The number of likely N-dealkylation sites (tertiary alicyclic amines) is 1. The molecule has 6 fully saturated rings. The van der Waals surface area contributed by atoms with E-state index in [4.69, 9.17) is 14.7 Å². The zero-order valence-electron chi connectivity index (χ0n) is 19.5. The van der Waals surface area contributed by atoms with Crippen molar-refractivity contribution >= 4 is 5.71 Å². The molecule has 0 amide bonds. The van der Waals surface area contributed by atoms with Crippen molar-refractivity contribution in [1.82, 2.24) is 4.90 Å². The number of ether oxygens (including phenoxy) is 1. The van der Waals surface area contributed by atoms with Crippen molar-refractivity contribution in [3.63, 3.8) is 0 Å². The van der Waals surface area contributed by atoms with E-state index in [2.05, 4.69) is 37.1 Å². The molecule has 4 nitrogen and oxygen atoms in total. The molecule has 4 heteroatoms. The van der Waals surface area contributed by atoms with Gasteiger partial charge in [-0.1, -0.05) is 17.3 Å². The van der Waals surface area contributed by atoms with Gasteiger partial charge >= 0.3 is 0 Å². The van der Waals surface area contributed by atoms with Crippen molar-refractivity contribution in [2.45, 2.75) is 88.2 Å². The van der Waals surface area contributed by atoms with Crippen molar-refractivity contribution in [1.29, 1.82) is 0 Å². The second kappa shape index (κ2) is 7.23. The molecule has 1 aromatic carbocycles. The Morgan fingerprint density at radius 3 is 2.39 bits per heavy atom. The molecule has 0 spiro atoms. The van der Waals surface area contributed by atoms with Gasteiger partial charge in [0.1, 0.15) is 11.4 Å². The summed E-state index contributed by atoms with van der Waals surface area (Å²) in [6.45, 7) is 3.33. The third kappa shape index (κ3) is 3.23. The van der Waals surface area contributed by atoms with Crippen LogP contribution in [0, 0.1) is 24.7 Å². The number of nitrogens with zero attached hydrogens (tertiary/aromatic N) is 2. The van der Waals surface area contributed by atoms with E-state index in [1.165, 1.54) is 74.7 Å². The molecule has 0 N–H and O–H groups in total. The summed E-state index contributed by atoms with van der Waals surface area (Å²) in [4.78, 5) is 9.07. The number of oxime groups is 1. The van der Waals surface area contributed by atoms with Crippen molar-refractivity contribution in [2.75, 3.05) is 20.7 Å². The van der Waals surface area contributed by atoms with E-state index >= 15 is 0 Å². The lowest BCUT2D eigenvalue weighted by Gasteiger charge is -2.54. The van der Waals surface area contributed by atoms with E-state index in [0.717, 1.165) is 36.3 Å². The Morgan fingerprint density at radius 2 is 1.74 bits per heavy atom. The van der Waals surface area contributed by atoms with Crippen LogP contribution in [-0.2, 0) is 10.3 Å². The van der Waals surface area contributed by atoms with Crippen LogP contribution in [0.3, 0.4) is 0 Å². The topological polar surface area (TPSA) is 34.1 Å². The van der Waals surface area contributed by atoms with Crippen molar-refractivity contribution in [2.24, 2.45) is 22.9 Å². The predicted octanol–water partition coefficient (Wildman–Crippen LogP) is 5.47. The van der Waals surface area contributed by atoms with Crippen LogP contribution in [0.5, 0.6) is 5.75 Å². The summed E-state index contributed by atoms with van der Waals surface area (Å²) in [5, 5.41) is 4.91. The lowest BCUT2D eigenvalue weighted by atomic mass is 9.54. The lowest BCUT2D eigenvalue weighted by Crippen LogP contribution is -2.51. The van der Waals surface area contributed by atoms with Gasteiger partial charge in [0.25, 0.3) is 0 Å². The van der Waals surface area contributed by atoms with Gasteiger partial charge in [-0.25, -0.2) is 0 Å². The molecule has 1 saturated heterocycles. The molecule has 0 radical (unpaired) electrons. The van der Waals surface area contributed by atoms with Gasteiger partial charge in [0.15, 0.2) is 0 Å². The average Bonchev–Trinajstić information content (AvgIpc) is 3.08. The van der Waals surface area contributed by atoms with Crippen LogP contribution in [0.25, 0.3) is 0 Å². The summed E-state index contributed by atoms with van der Waals surface area (Å²) in [6.07, 6.45) is 12.7. The highest BCUT2D eigenvalue weighted by Crippen LogP contribution is 2.57. The van der Waals surface area contributed by atoms with Gasteiger partial charge in [0.05, 0.1) is 12.8 Å². The highest BCUT2D eigenvalue weighted by Gasteiger charge is 2.54. The first-order valence-electron chi connectivity index (χ1n) is 12.6. The summed E-state index contributed by atoms with van der Waals surface area (Å²) in [7, 11) is 4.06. The van der Waals surface area contributed by atoms with Gasteiger partial charge < -0.3 is 14.5 Å². The largest absolute Gasteiger partial charge is 0.496 e. The smallest absolute Gasteiger partial charge is 0.138 e. The molecule has 1 aromatic rings. The van der Waals surface area contributed by atoms with Crippen LogP contribution < -0.4 is 4.74 Å². The van der Waals surface area contributed by atoms with Gasteiger partial charge in [-0.05, 0) is 113 Å². The molecule has 7 rings (SSSR count). The maximum Gasteiger partial charge on any atom is 0.138 e. The van der Waals surface area contributed by atoms with Crippen LogP contribution in [0.1, 0.15) is 75.3 Å². The number of hydrogen-bond donors (Lipinski definition) is 0. The van der Waals surface area contributed by atoms with Crippen molar-refractivity contribution in [3.05, 3.63) is 29.3 Å². The van der Waals surface area contributed by atoms with Crippen LogP contribution in [0.15, 0.2) is 23.4 Å². The molecule has 6 aliphatic rings. The normalized spacial score (nSPS) is 42.7. The molecule has 0 aromatic heterocycles. The first-order chi connectivity index (χ1) is 15.0. The molecule has 4 bridgehead atoms. The zero-order chi connectivity index (χ0) is 21.2. The van der Waals surface area contributed by atoms with Gasteiger partial charge in [0.2, 0.25) is 0 Å². The summed E-state index contributed by atoms with van der Waals surface area (Å²) in [5.74, 6) is 3.71. The first-order valence-corrected chi connectivity index (χ1v) is 12.6. The maximum atomic E-state index is 6.51. The maximum absolute atomic E-state index is 6.51. The summed E-state index contributed by atoms with van der Waals surface area (Å²) in [6, 6.07) is 7.37. The molecular formula is C27H38N2O2. The number of methoxy groups -OCH3 is 1. The Kier molecular flexibility index (Phi) is 4.68. The number of likely N-dealkylation sites (N-methyl/N-ethyl adjacent to an activating group) is 1. The first kappa shape index (κ1) is 20.1. The molecule has 2 atom stereocenters. The number of rotatable bonds is 4. The van der Waals surface area contributed by atoms with E-state index in [9.17, 15) is 0 Å². The monoisotopic (exact) mass is 422 g/mol. The SMILES string of the molecule is COc1ccc([C@@]23CCC(=NOC45CC6CC(CC(C6)C4)C5)C[C@@H]2N(C)CC3)cc1C. The molecule has 168 valence electrons.